The number of H-pyrrole nitrogens is 1. The molecule has 0 fully saturated rings. The number of methoxy groups -OCH3 is 1. The summed E-state index contributed by atoms with van der Waals surface area (Å²) in [7, 11) is 9.33. The van der Waals surface area contributed by atoms with Crippen molar-refractivity contribution in [2.24, 2.45) is 28.2 Å². The molecule has 0 saturated heterocycles. The maximum absolute atomic E-state index is 13.7. The Morgan fingerprint density at radius 3 is 1.01 bits per heavy atom. The molecule has 0 radical (unpaired) electrons. The zero-order chi connectivity index (χ0) is 99.8. The molecule has 706 valence electrons. The minimum Gasteiger partial charge on any atom is -0.465 e. The molecule has 0 atom stereocenters. The molecule has 0 spiro atoms. The molecule has 0 amide bonds. The van der Waals surface area contributed by atoms with E-state index in [2.05, 4.69) is 205 Å². The third-order valence-electron chi connectivity index (χ3n) is 25.2. The van der Waals surface area contributed by atoms with E-state index in [1.54, 1.807) is 99.6 Å². The summed E-state index contributed by atoms with van der Waals surface area (Å²) in [5, 5.41) is 11.8. The Bertz CT molecular complexity index is 8910. The number of pyridine rings is 7. The highest BCUT2D eigenvalue weighted by Gasteiger charge is 2.22. The predicted octanol–water partition coefficient (Wildman–Crippen LogP) is 27.2. The number of esters is 1. The Hall–Kier alpha value is -18.5. The first kappa shape index (κ1) is 94.4. The summed E-state index contributed by atoms with van der Waals surface area (Å²) in [6.07, 6.45) is 23.1. The fraction of sp³-hybridized carbons (Fsp3) is 0.0924. The number of ether oxygens (including phenoxy) is 1. The van der Waals surface area contributed by atoms with Gasteiger partial charge < -0.3 is 23.0 Å². The van der Waals surface area contributed by atoms with E-state index in [1.807, 2.05) is 200 Å². The second-order valence-electron chi connectivity index (χ2n) is 35.1. The van der Waals surface area contributed by atoms with Gasteiger partial charge in [0, 0.05) is 149 Å². The number of carbonyl (C=O) groups excluding carboxylic acids is 1. The van der Waals surface area contributed by atoms with Gasteiger partial charge >= 0.3 is 5.97 Å². The number of imidazole rings is 4. The summed E-state index contributed by atoms with van der Waals surface area (Å²) in [5.74, 6) is -1.33. The van der Waals surface area contributed by atoms with E-state index in [0.717, 1.165) is 184 Å². The molecule has 144 heavy (non-hydrogen) atoms. The smallest absolute Gasteiger partial charge is 0.340 e. The van der Waals surface area contributed by atoms with Crippen molar-refractivity contribution >= 4 is 66.7 Å². The lowest BCUT2D eigenvalue weighted by Crippen LogP contribution is -2.03. The van der Waals surface area contributed by atoms with Crippen LogP contribution in [0.3, 0.4) is 0 Å². The molecule has 0 saturated carbocycles. The molecule has 0 aliphatic rings. The van der Waals surface area contributed by atoms with Gasteiger partial charge in [-0.3, -0.25) is 35.0 Å². The first-order chi connectivity index (χ1) is 70.0. The number of carbonyl (C=O) groups is 1. The molecular formula is C119H95F4N19O2. The van der Waals surface area contributed by atoms with E-state index < -0.39 is 5.97 Å². The van der Waals surface area contributed by atoms with E-state index in [0.29, 0.717) is 39.0 Å². The average Bonchev–Trinajstić information content (AvgIpc) is 1.66. The number of benzene rings is 11. The number of aryl methyl sites for hydroxylation is 10. The number of nitrogens with one attached hydrogen (secondary N) is 1. The number of nitrogens with zero attached hydrogens (tertiary/aromatic N) is 18. The number of fused-ring (bicyclic) bond motifs is 6. The van der Waals surface area contributed by atoms with Gasteiger partial charge in [0.05, 0.1) is 128 Å². The number of aromatic nitrogens is 19. The second-order valence-corrected chi connectivity index (χ2v) is 35.1. The van der Waals surface area contributed by atoms with Crippen molar-refractivity contribution in [1.29, 1.82) is 0 Å². The van der Waals surface area contributed by atoms with Gasteiger partial charge in [-0.1, -0.05) is 108 Å². The normalized spacial score (nSPS) is 11.0. The lowest BCUT2D eigenvalue weighted by Gasteiger charge is -2.11. The van der Waals surface area contributed by atoms with E-state index in [4.69, 9.17) is 4.74 Å². The van der Waals surface area contributed by atoms with Crippen LogP contribution in [0.2, 0.25) is 0 Å². The van der Waals surface area contributed by atoms with Crippen molar-refractivity contribution in [2.75, 3.05) is 7.11 Å². The van der Waals surface area contributed by atoms with Gasteiger partial charge in [-0.2, -0.15) is 10.2 Å². The standard InChI is InChI=1S/C21H16FN3O2.2C20H16FN3.2C20H17N3.C18H13FN4/c1-12-8-13(5-6-18(12)22)19-16(4-3-7-23-19)14-9-15-11-24-25-20(15)17(10-14)21(26)27-2;1-13-10-15(5-7-17(13)21)20-16(4-3-9-22-20)14-6-8-19-18(11-14)23-12-24(19)2;1-13-10-15(5-7-17(13)21)20-16(4-3-9-22-20)14-6-8-18-19(11-14)24(2)12-23-18;1-14-5-3-6-16(11-14)20-17(7-4-10-21-20)15-8-9-19-18(12-15)22-13-23(19)2;1-14-5-3-6-16(11-14)20-17(7-4-10-21-20)15-8-9-18-19(12-15)23(2)13-22-18;1-12-9-13(4-6-16(12)19)18-15(3-2-8-20-18)14-5-7-17-21-11-22-23(17)10-14/h3-11H,1-2H3,(H,24,25);2*3-12H,1-2H3;2*3-13H,1-2H3;2-11H,1H3. The van der Waals surface area contributed by atoms with Gasteiger partial charge in [0.2, 0.25) is 0 Å². The van der Waals surface area contributed by atoms with Gasteiger partial charge in [-0.15, -0.1) is 0 Å². The van der Waals surface area contributed by atoms with Crippen molar-refractivity contribution in [3.05, 3.63) is 435 Å². The van der Waals surface area contributed by atoms with E-state index >= 15 is 0 Å². The fourth-order valence-corrected chi connectivity index (χ4v) is 17.6. The number of hydrogen-bond donors (Lipinski definition) is 1. The van der Waals surface area contributed by atoms with Gasteiger partial charge in [0.15, 0.2) is 5.65 Å². The van der Waals surface area contributed by atoms with Crippen LogP contribution in [-0.4, -0.2) is 106 Å². The Labute approximate surface area is 827 Å². The summed E-state index contributed by atoms with van der Waals surface area (Å²) in [4.78, 5) is 61.3. The Morgan fingerprint density at radius 1 is 0.299 bits per heavy atom. The van der Waals surface area contributed by atoms with Gasteiger partial charge in [-0.25, -0.2) is 51.8 Å². The zero-order valence-electron chi connectivity index (χ0n) is 80.6. The first-order valence-electron chi connectivity index (χ1n) is 46.4. The van der Waals surface area contributed by atoms with Crippen LogP contribution in [0.25, 0.3) is 195 Å². The van der Waals surface area contributed by atoms with Crippen LogP contribution in [0.5, 0.6) is 0 Å². The number of hydrogen-bond acceptors (Lipinski definition) is 15. The molecule has 13 aromatic heterocycles. The number of rotatable bonds is 13. The highest BCUT2D eigenvalue weighted by molar-refractivity contribution is 6.05. The Kier molecular flexibility index (Phi) is 27.3. The van der Waals surface area contributed by atoms with E-state index in [9.17, 15) is 22.4 Å². The molecule has 0 aliphatic carbocycles. The SMILES string of the molecule is COC(=O)c1cc(-c2cccnc2-c2ccc(F)c(C)c2)cc2cn[nH]c12.Cc1cc(-c2ncccc2-c2ccc3c(c2)ncn3C)ccc1F.Cc1cc(-c2ncccc2-c2ccc3ncn(C)c3c2)ccc1F.Cc1cc(-c2ncccc2-c2ccc3ncnn3c2)ccc1F.Cc1cccc(-c2ncccc2-c2ccc3c(c2)ncn3C)c1.Cc1cccc(-c2ncccc2-c2ccc3ncn(C)c3c2)c1. The molecule has 13 heterocycles. The molecule has 0 bridgehead atoms. The first-order valence-corrected chi connectivity index (χ1v) is 46.4. The van der Waals surface area contributed by atoms with Crippen LogP contribution in [0, 0.1) is 64.8 Å². The molecular weight excluding hydrogens is 1800 g/mol. The monoisotopic (exact) mass is 1900 g/mol. The van der Waals surface area contributed by atoms with Crippen molar-refractivity contribution in [3.63, 3.8) is 0 Å². The minimum atomic E-state index is -0.450. The lowest BCUT2D eigenvalue weighted by atomic mass is 9.96. The van der Waals surface area contributed by atoms with Crippen molar-refractivity contribution in [3.8, 4) is 134 Å². The Balaban J connectivity index is 0.000000109. The predicted molar refractivity (Wildman–Crippen MR) is 564 cm³/mol. The molecule has 25 heteroatoms. The highest BCUT2D eigenvalue weighted by atomic mass is 19.1. The topological polar surface area (TPSA) is 234 Å². The lowest BCUT2D eigenvalue weighted by molar-refractivity contribution is 0.0602. The van der Waals surface area contributed by atoms with E-state index in [-0.39, 0.29) is 23.3 Å². The van der Waals surface area contributed by atoms with Crippen LogP contribution in [0.4, 0.5) is 17.6 Å². The second kappa shape index (κ2) is 41.6. The van der Waals surface area contributed by atoms with Gasteiger partial charge in [0.25, 0.3) is 0 Å². The number of aromatic amines is 1. The summed E-state index contributed by atoms with van der Waals surface area (Å²) in [5.41, 5.74) is 38.3. The van der Waals surface area contributed by atoms with Crippen LogP contribution in [0.1, 0.15) is 43.7 Å². The van der Waals surface area contributed by atoms with Crippen molar-refractivity contribution in [2.45, 2.75) is 41.5 Å². The third kappa shape index (κ3) is 20.2. The van der Waals surface area contributed by atoms with E-state index in [1.165, 1.54) is 48.8 Å². The third-order valence-corrected chi connectivity index (χ3v) is 25.2. The maximum Gasteiger partial charge on any atom is 0.340 e. The summed E-state index contributed by atoms with van der Waals surface area (Å²) >= 11 is 0. The van der Waals surface area contributed by atoms with Gasteiger partial charge in [0.1, 0.15) is 29.6 Å². The molecule has 21 nitrogen and oxygen atoms in total. The quantitative estimate of drug-likeness (QED) is 0.0835. The number of halogens is 4. The zero-order valence-corrected chi connectivity index (χ0v) is 80.6. The highest BCUT2D eigenvalue weighted by Crippen LogP contribution is 2.41. The average molecular weight is 1900 g/mol. The van der Waals surface area contributed by atoms with Crippen LogP contribution in [-0.2, 0) is 32.9 Å². The Morgan fingerprint density at radius 2 is 0.632 bits per heavy atom. The van der Waals surface area contributed by atoms with Gasteiger partial charge in [-0.05, 0) is 286 Å². The largest absolute Gasteiger partial charge is 0.465 e. The summed E-state index contributed by atoms with van der Waals surface area (Å²) in [6.45, 7) is 11.2. The van der Waals surface area contributed by atoms with Crippen molar-refractivity contribution in [1.82, 2.24) is 92.9 Å². The molecule has 24 aromatic rings. The summed E-state index contributed by atoms with van der Waals surface area (Å²) < 4.78 is 69.1. The maximum atomic E-state index is 13.7. The van der Waals surface area contributed by atoms with Crippen LogP contribution in [0.15, 0.2) is 372 Å². The molecule has 11 aromatic carbocycles. The van der Waals surface area contributed by atoms with Crippen LogP contribution < -0.4 is 0 Å². The molecule has 1 N–H and O–H groups in total. The van der Waals surface area contributed by atoms with Crippen LogP contribution >= 0.6 is 0 Å². The molecule has 24 rings (SSSR count). The minimum absolute atomic E-state index is 0.201. The fourth-order valence-electron chi connectivity index (χ4n) is 17.6. The molecule has 0 unspecified atom stereocenters. The summed E-state index contributed by atoms with van der Waals surface area (Å²) in [6, 6.07) is 93.5. The van der Waals surface area contributed by atoms with Crippen molar-refractivity contribution < 1.29 is 27.1 Å². The molecule has 0 aliphatic heterocycles.